The predicted octanol–water partition coefficient (Wildman–Crippen LogP) is 4.13. The Balaban J connectivity index is 1.30. The van der Waals surface area contributed by atoms with E-state index in [-0.39, 0.29) is 12.5 Å². The van der Waals surface area contributed by atoms with Gasteiger partial charge in [-0.3, -0.25) is 4.79 Å². The van der Waals surface area contributed by atoms with Crippen molar-refractivity contribution in [2.45, 2.75) is 25.7 Å². The van der Waals surface area contributed by atoms with Crippen LogP contribution in [0.4, 0.5) is 0 Å². The third kappa shape index (κ3) is 5.47. The summed E-state index contributed by atoms with van der Waals surface area (Å²) in [6, 6.07) is 15.1. The number of amides is 1. The minimum atomic E-state index is -0.111. The second-order valence-electron chi connectivity index (χ2n) is 6.48. The summed E-state index contributed by atoms with van der Waals surface area (Å²) < 4.78 is 7.58. The maximum Gasteiger partial charge on any atom is 0.257 e. The van der Waals surface area contributed by atoms with Crippen molar-refractivity contribution in [2.24, 2.45) is 7.05 Å². The van der Waals surface area contributed by atoms with E-state index in [2.05, 4.69) is 28.0 Å². The number of fused-ring (bicyclic) bond motifs is 1. The van der Waals surface area contributed by atoms with E-state index in [4.69, 9.17) is 16.3 Å². The van der Waals surface area contributed by atoms with Crippen LogP contribution >= 0.6 is 11.6 Å². The van der Waals surface area contributed by atoms with Crippen molar-refractivity contribution in [1.82, 2.24) is 14.9 Å². The van der Waals surface area contributed by atoms with E-state index in [0.29, 0.717) is 17.3 Å². The monoisotopic (exact) mass is 385 g/mol. The van der Waals surface area contributed by atoms with Gasteiger partial charge in [-0.2, -0.15) is 0 Å². The van der Waals surface area contributed by atoms with Crippen molar-refractivity contribution in [3.8, 4) is 5.75 Å². The zero-order valence-corrected chi connectivity index (χ0v) is 16.2. The van der Waals surface area contributed by atoms with E-state index < -0.39 is 0 Å². The molecule has 0 atom stereocenters. The van der Waals surface area contributed by atoms with E-state index in [1.165, 1.54) is 5.52 Å². The lowest BCUT2D eigenvalue weighted by atomic mass is 10.2. The Labute approximate surface area is 164 Å². The highest BCUT2D eigenvalue weighted by Gasteiger charge is 2.07. The Morgan fingerprint density at radius 1 is 1.11 bits per heavy atom. The number of rotatable bonds is 9. The second kappa shape index (κ2) is 9.42. The van der Waals surface area contributed by atoms with Gasteiger partial charge < -0.3 is 14.6 Å². The molecule has 0 saturated carbocycles. The maximum atomic E-state index is 11.8. The summed E-state index contributed by atoms with van der Waals surface area (Å²) in [6.07, 6.45) is 3.98. The van der Waals surface area contributed by atoms with E-state index in [9.17, 15) is 4.79 Å². The number of carbonyl (C=O) groups is 1. The normalized spacial score (nSPS) is 10.9. The highest BCUT2D eigenvalue weighted by molar-refractivity contribution is 6.30. The topological polar surface area (TPSA) is 56.2 Å². The smallest absolute Gasteiger partial charge is 0.257 e. The van der Waals surface area contributed by atoms with E-state index in [0.717, 1.165) is 37.0 Å². The van der Waals surface area contributed by atoms with Crippen LogP contribution in [0.15, 0.2) is 48.5 Å². The lowest BCUT2D eigenvalue weighted by Crippen LogP contribution is -2.29. The van der Waals surface area contributed by atoms with Gasteiger partial charge in [0.25, 0.3) is 5.91 Å². The average molecular weight is 386 g/mol. The molecule has 1 amide bonds. The lowest BCUT2D eigenvalue weighted by molar-refractivity contribution is -0.123. The number of carbonyl (C=O) groups excluding carboxylic acids is 1. The Morgan fingerprint density at radius 3 is 2.67 bits per heavy atom. The highest BCUT2D eigenvalue weighted by atomic mass is 35.5. The molecule has 142 valence electrons. The van der Waals surface area contributed by atoms with Gasteiger partial charge in [0.05, 0.1) is 11.0 Å². The number of aryl methyl sites for hydroxylation is 2. The number of hydrogen-bond acceptors (Lipinski definition) is 3. The summed E-state index contributed by atoms with van der Waals surface area (Å²) in [6.45, 7) is 0.673. The zero-order valence-electron chi connectivity index (χ0n) is 15.5. The molecule has 0 fully saturated rings. The van der Waals surface area contributed by atoms with Crippen molar-refractivity contribution in [3.63, 3.8) is 0 Å². The first-order valence-corrected chi connectivity index (χ1v) is 9.56. The number of benzene rings is 2. The van der Waals surface area contributed by atoms with Gasteiger partial charge in [-0.25, -0.2) is 4.98 Å². The zero-order chi connectivity index (χ0) is 19.1. The molecule has 0 radical (unpaired) electrons. The van der Waals surface area contributed by atoms with Crippen molar-refractivity contribution in [3.05, 3.63) is 59.4 Å². The minimum absolute atomic E-state index is 0.0154. The lowest BCUT2D eigenvalue weighted by Gasteiger charge is -2.07. The minimum Gasteiger partial charge on any atom is -0.484 e. The highest BCUT2D eigenvalue weighted by Crippen LogP contribution is 2.16. The van der Waals surface area contributed by atoms with Gasteiger partial charge in [-0.15, -0.1) is 0 Å². The number of ether oxygens (including phenoxy) is 1. The van der Waals surface area contributed by atoms with Gasteiger partial charge >= 0.3 is 0 Å². The predicted molar refractivity (Wildman–Crippen MR) is 108 cm³/mol. The maximum absolute atomic E-state index is 11.8. The standard InChI is InChI=1S/C21H24ClN3O2/c1-25-19-8-5-4-7-18(19)24-20(25)9-3-2-6-14-23-21(26)15-27-17-12-10-16(22)11-13-17/h4-5,7-8,10-13H,2-3,6,9,14-15H2,1H3,(H,23,26). The molecule has 1 aromatic heterocycles. The molecule has 2 aromatic carbocycles. The summed E-state index contributed by atoms with van der Waals surface area (Å²) in [5.74, 6) is 1.63. The molecule has 6 heteroatoms. The van der Waals surface area contributed by atoms with Crippen LogP contribution in [-0.2, 0) is 18.3 Å². The van der Waals surface area contributed by atoms with Crippen LogP contribution in [0.3, 0.4) is 0 Å². The van der Waals surface area contributed by atoms with Gasteiger partial charge in [0.1, 0.15) is 11.6 Å². The number of imidazole rings is 1. The van der Waals surface area contributed by atoms with Gasteiger partial charge in [-0.05, 0) is 49.2 Å². The SMILES string of the molecule is Cn1c(CCCCCNC(=O)COc2ccc(Cl)cc2)nc2ccccc21. The second-order valence-corrected chi connectivity index (χ2v) is 6.92. The largest absolute Gasteiger partial charge is 0.484 e. The van der Waals surface area contributed by atoms with Crippen molar-refractivity contribution in [1.29, 1.82) is 0 Å². The van der Waals surface area contributed by atoms with Crippen LogP contribution in [-0.4, -0.2) is 28.6 Å². The molecule has 0 aliphatic carbocycles. The van der Waals surface area contributed by atoms with Gasteiger partial charge in [-0.1, -0.05) is 30.2 Å². The molecule has 0 bridgehead atoms. The molecule has 3 aromatic rings. The molecule has 0 spiro atoms. The summed E-state index contributed by atoms with van der Waals surface area (Å²) in [4.78, 5) is 16.5. The van der Waals surface area contributed by atoms with Crippen LogP contribution in [0.2, 0.25) is 5.02 Å². The van der Waals surface area contributed by atoms with E-state index in [1.807, 2.05) is 18.2 Å². The Morgan fingerprint density at radius 2 is 1.89 bits per heavy atom. The van der Waals surface area contributed by atoms with Crippen LogP contribution < -0.4 is 10.1 Å². The summed E-state index contributed by atoms with van der Waals surface area (Å²) in [5.41, 5.74) is 2.21. The molecule has 27 heavy (non-hydrogen) atoms. The van der Waals surface area contributed by atoms with Crippen LogP contribution in [0.5, 0.6) is 5.75 Å². The first kappa shape index (κ1) is 19.2. The van der Waals surface area contributed by atoms with Crippen molar-refractivity contribution in [2.75, 3.05) is 13.2 Å². The first-order chi connectivity index (χ1) is 13.1. The molecule has 1 heterocycles. The number of para-hydroxylation sites is 2. The Bertz CT molecular complexity index is 890. The molecule has 0 unspecified atom stereocenters. The first-order valence-electron chi connectivity index (χ1n) is 9.19. The third-order valence-corrected chi connectivity index (χ3v) is 4.71. The van der Waals surface area contributed by atoms with Gasteiger partial charge in [0, 0.05) is 25.0 Å². The molecule has 0 aliphatic heterocycles. The van der Waals surface area contributed by atoms with Crippen LogP contribution in [0, 0.1) is 0 Å². The summed E-state index contributed by atoms with van der Waals surface area (Å²) in [7, 11) is 2.06. The Hall–Kier alpha value is -2.53. The molecule has 0 saturated heterocycles. The van der Waals surface area contributed by atoms with Crippen LogP contribution in [0.1, 0.15) is 25.1 Å². The molecule has 5 nitrogen and oxygen atoms in total. The third-order valence-electron chi connectivity index (χ3n) is 4.46. The number of nitrogens with zero attached hydrogens (tertiary/aromatic N) is 2. The van der Waals surface area contributed by atoms with Crippen LogP contribution in [0.25, 0.3) is 11.0 Å². The fraction of sp³-hybridized carbons (Fsp3) is 0.333. The Kier molecular flexibility index (Phi) is 6.71. The fourth-order valence-corrected chi connectivity index (χ4v) is 3.09. The molecular weight excluding hydrogens is 362 g/mol. The summed E-state index contributed by atoms with van der Waals surface area (Å²) in [5, 5.41) is 3.53. The number of hydrogen-bond donors (Lipinski definition) is 1. The quantitative estimate of drug-likeness (QED) is 0.563. The molecule has 3 rings (SSSR count). The van der Waals surface area contributed by atoms with E-state index >= 15 is 0 Å². The molecule has 1 N–H and O–H groups in total. The number of aromatic nitrogens is 2. The van der Waals surface area contributed by atoms with E-state index in [1.54, 1.807) is 24.3 Å². The summed E-state index contributed by atoms with van der Waals surface area (Å²) >= 11 is 5.81. The number of unbranched alkanes of at least 4 members (excludes halogenated alkanes) is 2. The van der Waals surface area contributed by atoms with Crippen molar-refractivity contribution < 1.29 is 9.53 Å². The number of halogens is 1. The number of nitrogens with one attached hydrogen (secondary N) is 1. The average Bonchev–Trinajstić information content (AvgIpc) is 3.00. The van der Waals surface area contributed by atoms with Gasteiger partial charge in [0.2, 0.25) is 0 Å². The van der Waals surface area contributed by atoms with Crippen molar-refractivity contribution >= 4 is 28.5 Å². The van der Waals surface area contributed by atoms with Gasteiger partial charge in [0.15, 0.2) is 6.61 Å². The fourth-order valence-electron chi connectivity index (χ4n) is 2.96. The molecular formula is C21H24ClN3O2. The molecule has 0 aliphatic rings.